The van der Waals surface area contributed by atoms with E-state index in [2.05, 4.69) is 63.7 Å². The van der Waals surface area contributed by atoms with Crippen LogP contribution in [0.3, 0.4) is 0 Å². The van der Waals surface area contributed by atoms with Gasteiger partial charge in [-0.2, -0.15) is 0 Å². The Morgan fingerprint density at radius 2 is 1.62 bits per heavy atom. The quantitative estimate of drug-likeness (QED) is 0.434. The molecule has 0 radical (unpaired) electrons. The molecule has 2 aromatic rings. The first-order valence-corrected chi connectivity index (χ1v) is 9.72. The number of nitrogens with two attached hydrogens (primary N) is 1. The summed E-state index contributed by atoms with van der Waals surface area (Å²) in [6, 6.07) is 18.9. The van der Waals surface area contributed by atoms with Gasteiger partial charge >= 0.3 is 0 Å². The maximum atomic E-state index is 5.98. The minimum Gasteiger partial charge on any atom is -0.370 e. The summed E-state index contributed by atoms with van der Waals surface area (Å²) >= 11 is 0. The zero-order chi connectivity index (χ0) is 18.0. The van der Waals surface area contributed by atoms with Crippen molar-refractivity contribution in [3.63, 3.8) is 0 Å². The summed E-state index contributed by atoms with van der Waals surface area (Å²) in [4.78, 5) is 7.00. The topological polar surface area (TPSA) is 53.6 Å². The summed E-state index contributed by atoms with van der Waals surface area (Å²) in [5, 5.41) is 3.22. The van der Waals surface area contributed by atoms with Gasteiger partial charge in [0.1, 0.15) is 0 Å². The van der Waals surface area contributed by atoms with E-state index in [0.29, 0.717) is 12.5 Å². The van der Waals surface area contributed by atoms with Gasteiger partial charge in [0, 0.05) is 6.54 Å². The van der Waals surface area contributed by atoms with Crippen molar-refractivity contribution < 1.29 is 0 Å². The fourth-order valence-electron chi connectivity index (χ4n) is 3.35. The van der Waals surface area contributed by atoms with Crippen LogP contribution in [0.4, 0.5) is 0 Å². The van der Waals surface area contributed by atoms with Gasteiger partial charge < -0.3 is 16.0 Å². The van der Waals surface area contributed by atoms with Crippen molar-refractivity contribution in [3.05, 3.63) is 60.2 Å². The van der Waals surface area contributed by atoms with Crippen molar-refractivity contribution >= 4 is 5.96 Å². The van der Waals surface area contributed by atoms with Crippen LogP contribution in [0.5, 0.6) is 0 Å². The third-order valence-electron chi connectivity index (χ3n) is 4.90. The Bertz CT molecular complexity index is 673. The molecule has 0 amide bonds. The number of nitrogens with one attached hydrogen (secondary N) is 1. The lowest BCUT2D eigenvalue weighted by Crippen LogP contribution is -2.32. The molecule has 0 aliphatic carbocycles. The Balaban J connectivity index is 1.36. The molecule has 0 atom stereocenters. The number of aliphatic imine (C=N–C) groups is 1. The van der Waals surface area contributed by atoms with E-state index >= 15 is 0 Å². The van der Waals surface area contributed by atoms with Crippen molar-refractivity contribution in [3.8, 4) is 11.1 Å². The second-order valence-corrected chi connectivity index (χ2v) is 6.95. The molecule has 3 N–H and O–H groups in total. The van der Waals surface area contributed by atoms with Crippen LogP contribution in [0.15, 0.2) is 59.6 Å². The first-order valence-electron chi connectivity index (χ1n) is 9.72. The monoisotopic (exact) mass is 350 g/mol. The fourth-order valence-corrected chi connectivity index (χ4v) is 3.35. The highest BCUT2D eigenvalue weighted by Crippen LogP contribution is 2.19. The average Bonchev–Trinajstić information content (AvgIpc) is 3.21. The normalized spacial score (nSPS) is 15.3. The van der Waals surface area contributed by atoms with Crippen LogP contribution in [0.1, 0.15) is 31.2 Å². The molecule has 0 aromatic heterocycles. The van der Waals surface area contributed by atoms with Crippen LogP contribution in [-0.4, -0.2) is 37.0 Å². The predicted molar refractivity (Wildman–Crippen MR) is 110 cm³/mol. The van der Waals surface area contributed by atoms with E-state index in [9.17, 15) is 0 Å². The van der Waals surface area contributed by atoms with E-state index < -0.39 is 0 Å². The summed E-state index contributed by atoms with van der Waals surface area (Å²) in [6.07, 6.45) is 5.09. The van der Waals surface area contributed by atoms with Gasteiger partial charge in [0.2, 0.25) is 0 Å². The van der Waals surface area contributed by atoms with Crippen LogP contribution in [0.25, 0.3) is 11.1 Å². The molecule has 1 fully saturated rings. The predicted octanol–water partition coefficient (Wildman–Crippen LogP) is 3.63. The lowest BCUT2D eigenvalue weighted by molar-refractivity contribution is 0.330. The van der Waals surface area contributed by atoms with E-state index in [4.69, 9.17) is 5.73 Å². The van der Waals surface area contributed by atoms with Crippen molar-refractivity contribution in [1.29, 1.82) is 0 Å². The molecule has 0 unspecified atom stereocenters. The molecule has 3 rings (SSSR count). The third kappa shape index (κ3) is 5.88. The number of unbranched alkanes of at least 4 members (excludes halogenated alkanes) is 1. The number of hydrogen-bond acceptors (Lipinski definition) is 2. The lowest BCUT2D eigenvalue weighted by atomic mass is 10.0. The number of rotatable bonds is 8. The van der Waals surface area contributed by atoms with Crippen LogP contribution in [0, 0.1) is 0 Å². The Morgan fingerprint density at radius 3 is 2.35 bits per heavy atom. The zero-order valence-corrected chi connectivity index (χ0v) is 15.5. The van der Waals surface area contributed by atoms with Crippen LogP contribution in [-0.2, 0) is 6.54 Å². The molecule has 2 aromatic carbocycles. The number of likely N-dealkylation sites (tertiary alicyclic amines) is 1. The van der Waals surface area contributed by atoms with Crippen molar-refractivity contribution in [2.45, 2.75) is 32.2 Å². The fraction of sp³-hybridized carbons (Fsp3) is 0.409. The Hall–Kier alpha value is -2.33. The summed E-state index contributed by atoms with van der Waals surface area (Å²) in [5.74, 6) is 0.540. The standard InChI is InChI=1S/C22H30N4/c23-22(24-14-4-5-15-26-16-6-7-17-26)25-18-19-10-12-21(13-11-19)20-8-2-1-3-9-20/h1-3,8-13H,4-7,14-18H2,(H3,23,24,25). The van der Waals surface area contributed by atoms with Gasteiger partial charge in [-0.3, -0.25) is 0 Å². The lowest BCUT2D eigenvalue weighted by Gasteiger charge is -2.14. The molecule has 1 aliphatic heterocycles. The average molecular weight is 351 g/mol. The molecular formula is C22H30N4. The van der Waals surface area contributed by atoms with Gasteiger partial charge in [0.25, 0.3) is 0 Å². The molecule has 26 heavy (non-hydrogen) atoms. The van der Waals surface area contributed by atoms with E-state index in [0.717, 1.165) is 13.0 Å². The van der Waals surface area contributed by atoms with Gasteiger partial charge in [0.15, 0.2) is 5.96 Å². The Kier molecular flexibility index (Phi) is 7.08. The van der Waals surface area contributed by atoms with Crippen molar-refractivity contribution in [2.24, 2.45) is 10.7 Å². The number of nitrogens with zero attached hydrogens (tertiary/aromatic N) is 2. The molecule has 138 valence electrons. The minimum atomic E-state index is 0.540. The zero-order valence-electron chi connectivity index (χ0n) is 15.5. The van der Waals surface area contributed by atoms with Gasteiger partial charge in [-0.1, -0.05) is 54.6 Å². The molecule has 1 aliphatic rings. The molecule has 1 saturated heterocycles. The molecular weight excluding hydrogens is 320 g/mol. The first-order chi connectivity index (χ1) is 12.8. The van der Waals surface area contributed by atoms with Gasteiger partial charge in [-0.05, 0) is 62.0 Å². The van der Waals surface area contributed by atoms with Gasteiger partial charge in [-0.25, -0.2) is 4.99 Å². The number of benzene rings is 2. The van der Waals surface area contributed by atoms with E-state index in [1.807, 2.05) is 6.07 Å². The van der Waals surface area contributed by atoms with Crippen LogP contribution in [0.2, 0.25) is 0 Å². The summed E-state index contributed by atoms with van der Waals surface area (Å²) in [6.45, 7) is 5.28. The highest BCUT2D eigenvalue weighted by molar-refractivity contribution is 5.77. The summed E-state index contributed by atoms with van der Waals surface area (Å²) in [7, 11) is 0. The van der Waals surface area contributed by atoms with E-state index in [-0.39, 0.29) is 0 Å². The van der Waals surface area contributed by atoms with Crippen LogP contribution < -0.4 is 11.1 Å². The molecule has 4 heteroatoms. The first kappa shape index (κ1) is 18.5. The maximum Gasteiger partial charge on any atom is 0.188 e. The van der Waals surface area contributed by atoms with E-state index in [1.165, 1.54) is 55.6 Å². The highest BCUT2D eigenvalue weighted by atomic mass is 15.1. The smallest absolute Gasteiger partial charge is 0.188 e. The Labute approximate surface area is 157 Å². The highest BCUT2D eigenvalue weighted by Gasteiger charge is 2.09. The third-order valence-corrected chi connectivity index (χ3v) is 4.90. The number of hydrogen-bond donors (Lipinski definition) is 2. The SMILES string of the molecule is NC(=NCc1ccc(-c2ccccc2)cc1)NCCCCN1CCCC1. The summed E-state index contributed by atoms with van der Waals surface area (Å²) in [5.41, 5.74) is 9.60. The minimum absolute atomic E-state index is 0.540. The van der Waals surface area contributed by atoms with Crippen molar-refractivity contribution in [2.75, 3.05) is 26.2 Å². The molecule has 1 heterocycles. The molecule has 4 nitrogen and oxygen atoms in total. The Morgan fingerprint density at radius 1 is 0.923 bits per heavy atom. The van der Waals surface area contributed by atoms with Crippen LogP contribution >= 0.6 is 0 Å². The van der Waals surface area contributed by atoms with Crippen molar-refractivity contribution in [1.82, 2.24) is 10.2 Å². The second kappa shape index (κ2) is 9.97. The maximum absolute atomic E-state index is 5.98. The summed E-state index contributed by atoms with van der Waals surface area (Å²) < 4.78 is 0. The molecule has 0 saturated carbocycles. The van der Waals surface area contributed by atoms with Gasteiger partial charge in [-0.15, -0.1) is 0 Å². The number of guanidine groups is 1. The largest absolute Gasteiger partial charge is 0.370 e. The molecule has 0 bridgehead atoms. The molecule has 0 spiro atoms. The van der Waals surface area contributed by atoms with E-state index in [1.54, 1.807) is 0 Å². The van der Waals surface area contributed by atoms with Gasteiger partial charge in [0.05, 0.1) is 6.54 Å². The second-order valence-electron chi connectivity index (χ2n) is 6.95.